The van der Waals surface area contributed by atoms with Crippen molar-refractivity contribution in [2.45, 2.75) is 19.4 Å². The molecule has 0 unspecified atom stereocenters. The van der Waals surface area contributed by atoms with Crippen LogP contribution in [0.2, 0.25) is 0 Å². The molecule has 0 aliphatic carbocycles. The van der Waals surface area contributed by atoms with Crippen molar-refractivity contribution in [2.75, 3.05) is 30.3 Å². The third-order valence-electron chi connectivity index (χ3n) is 2.66. The van der Waals surface area contributed by atoms with E-state index < -0.39 is 11.6 Å². The van der Waals surface area contributed by atoms with Gasteiger partial charge in [0.15, 0.2) is 23.3 Å². The molecule has 6 heteroatoms. The summed E-state index contributed by atoms with van der Waals surface area (Å²) in [6.07, 6.45) is 0. The zero-order valence-electron chi connectivity index (χ0n) is 9.83. The van der Waals surface area contributed by atoms with Crippen LogP contribution in [-0.2, 0) is 4.74 Å². The molecule has 0 saturated carbocycles. The molecule has 1 aromatic rings. The Morgan fingerprint density at radius 3 is 2.76 bits per heavy atom. The quantitative estimate of drug-likeness (QED) is 0.813. The van der Waals surface area contributed by atoms with Gasteiger partial charge in [-0.2, -0.15) is 0 Å². The number of nitrogen functional groups attached to an aromatic ring is 1. The van der Waals surface area contributed by atoms with Gasteiger partial charge in [-0.1, -0.05) is 0 Å². The molecule has 0 atom stereocenters. The van der Waals surface area contributed by atoms with Crippen LogP contribution < -0.4 is 10.6 Å². The molecule has 0 bridgehead atoms. The molecular weight excluding hydrogens is 228 g/mol. The van der Waals surface area contributed by atoms with E-state index >= 15 is 0 Å². The number of anilines is 2. The molecule has 0 radical (unpaired) electrons. The third-order valence-corrected chi connectivity index (χ3v) is 2.66. The van der Waals surface area contributed by atoms with Crippen LogP contribution in [0.4, 0.5) is 20.4 Å². The Morgan fingerprint density at radius 2 is 2.12 bits per heavy atom. The van der Waals surface area contributed by atoms with Crippen LogP contribution >= 0.6 is 0 Å². The summed E-state index contributed by atoms with van der Waals surface area (Å²) in [5.41, 5.74) is 4.97. The summed E-state index contributed by atoms with van der Waals surface area (Å²) < 4.78 is 32.1. The molecule has 4 nitrogen and oxygen atoms in total. The van der Waals surface area contributed by atoms with Gasteiger partial charge >= 0.3 is 0 Å². The summed E-state index contributed by atoms with van der Waals surface area (Å²) in [7, 11) is 0. The van der Waals surface area contributed by atoms with Crippen molar-refractivity contribution in [1.82, 2.24) is 4.98 Å². The zero-order valence-corrected chi connectivity index (χ0v) is 9.83. The molecule has 1 fully saturated rings. The van der Waals surface area contributed by atoms with Crippen molar-refractivity contribution < 1.29 is 13.5 Å². The van der Waals surface area contributed by atoms with Gasteiger partial charge in [0.2, 0.25) is 0 Å². The third kappa shape index (κ3) is 2.46. The first-order valence-corrected chi connectivity index (χ1v) is 5.39. The maximum atomic E-state index is 13.6. The lowest BCUT2D eigenvalue weighted by Gasteiger charge is -2.38. The van der Waals surface area contributed by atoms with Crippen LogP contribution in [0, 0.1) is 11.6 Å². The van der Waals surface area contributed by atoms with Crippen LogP contribution in [0.25, 0.3) is 0 Å². The van der Waals surface area contributed by atoms with Crippen molar-refractivity contribution in [1.29, 1.82) is 0 Å². The molecule has 17 heavy (non-hydrogen) atoms. The van der Waals surface area contributed by atoms with Gasteiger partial charge in [-0.25, -0.2) is 13.8 Å². The standard InChI is InChI=1S/C11H15F2N3O/c1-11(2)6-16(3-4-17-11)10-8(13)5-7(12)9(14)15-10/h5H,3-4,6H2,1-2H3,(H2,14,15). The number of aromatic nitrogens is 1. The second-order valence-electron chi connectivity index (χ2n) is 4.69. The van der Waals surface area contributed by atoms with Crippen molar-refractivity contribution in [2.24, 2.45) is 0 Å². The Bertz CT molecular complexity index is 437. The van der Waals surface area contributed by atoms with E-state index in [4.69, 9.17) is 10.5 Å². The first-order valence-electron chi connectivity index (χ1n) is 5.39. The Morgan fingerprint density at radius 1 is 1.41 bits per heavy atom. The van der Waals surface area contributed by atoms with Crippen LogP contribution in [0.5, 0.6) is 0 Å². The maximum Gasteiger partial charge on any atom is 0.168 e. The first kappa shape index (κ1) is 12.0. The SMILES string of the molecule is CC1(C)CN(c2nc(N)c(F)cc2F)CCO1. The second-order valence-corrected chi connectivity index (χ2v) is 4.69. The van der Waals surface area contributed by atoms with E-state index in [-0.39, 0.29) is 17.2 Å². The number of halogens is 2. The monoisotopic (exact) mass is 243 g/mol. The van der Waals surface area contributed by atoms with E-state index in [1.165, 1.54) is 0 Å². The summed E-state index contributed by atoms with van der Waals surface area (Å²) in [5, 5.41) is 0. The lowest BCUT2D eigenvalue weighted by molar-refractivity contribution is -0.0280. The van der Waals surface area contributed by atoms with Gasteiger partial charge in [0.25, 0.3) is 0 Å². The number of nitrogens with two attached hydrogens (primary N) is 1. The topological polar surface area (TPSA) is 51.4 Å². The average Bonchev–Trinajstić information content (AvgIpc) is 2.22. The summed E-state index contributed by atoms with van der Waals surface area (Å²) in [5.74, 6) is -1.74. The number of hydrogen-bond acceptors (Lipinski definition) is 4. The molecule has 2 heterocycles. The molecule has 0 amide bonds. The highest BCUT2D eigenvalue weighted by atomic mass is 19.1. The van der Waals surface area contributed by atoms with Crippen LogP contribution in [-0.4, -0.2) is 30.3 Å². The van der Waals surface area contributed by atoms with Crippen LogP contribution in [0.15, 0.2) is 6.07 Å². The van der Waals surface area contributed by atoms with Gasteiger partial charge in [-0.15, -0.1) is 0 Å². The fraction of sp³-hybridized carbons (Fsp3) is 0.545. The molecular formula is C11H15F2N3O. The van der Waals surface area contributed by atoms with Crippen molar-refractivity contribution in [3.63, 3.8) is 0 Å². The van der Waals surface area contributed by atoms with Gasteiger partial charge < -0.3 is 15.4 Å². The highest BCUT2D eigenvalue weighted by molar-refractivity contribution is 5.47. The molecule has 2 rings (SSSR count). The van der Waals surface area contributed by atoms with E-state index in [1.807, 2.05) is 13.8 Å². The minimum absolute atomic E-state index is 0.0836. The van der Waals surface area contributed by atoms with Gasteiger partial charge in [0.05, 0.1) is 12.2 Å². The molecule has 2 N–H and O–H groups in total. The second kappa shape index (κ2) is 4.10. The highest BCUT2D eigenvalue weighted by Crippen LogP contribution is 2.25. The van der Waals surface area contributed by atoms with Gasteiger partial charge in [-0.05, 0) is 13.8 Å². The molecule has 1 saturated heterocycles. The predicted octanol–water partition coefficient (Wildman–Crippen LogP) is 1.56. The van der Waals surface area contributed by atoms with E-state index in [0.29, 0.717) is 19.7 Å². The van der Waals surface area contributed by atoms with Crippen LogP contribution in [0.1, 0.15) is 13.8 Å². The smallest absolute Gasteiger partial charge is 0.168 e. The van der Waals surface area contributed by atoms with E-state index in [2.05, 4.69) is 4.98 Å². The fourth-order valence-corrected chi connectivity index (χ4v) is 1.89. The van der Waals surface area contributed by atoms with Crippen molar-refractivity contribution >= 4 is 11.6 Å². The molecule has 1 aromatic heterocycles. The lowest BCUT2D eigenvalue weighted by Crippen LogP contribution is -2.49. The highest BCUT2D eigenvalue weighted by Gasteiger charge is 2.29. The number of pyridine rings is 1. The summed E-state index contributed by atoms with van der Waals surface area (Å²) in [6, 6.07) is 0.764. The van der Waals surface area contributed by atoms with Gasteiger partial charge in [0.1, 0.15) is 0 Å². The number of hydrogen-bond donors (Lipinski definition) is 1. The molecule has 0 aromatic carbocycles. The number of rotatable bonds is 1. The Kier molecular flexibility index (Phi) is 2.91. The Balaban J connectivity index is 2.31. The fourth-order valence-electron chi connectivity index (χ4n) is 1.89. The van der Waals surface area contributed by atoms with Gasteiger partial charge in [-0.3, -0.25) is 0 Å². The van der Waals surface area contributed by atoms with E-state index in [0.717, 1.165) is 6.07 Å². The lowest BCUT2D eigenvalue weighted by atomic mass is 10.1. The zero-order chi connectivity index (χ0) is 12.6. The summed E-state index contributed by atoms with van der Waals surface area (Å²) >= 11 is 0. The number of ether oxygens (including phenoxy) is 1. The minimum atomic E-state index is -0.834. The molecule has 1 aliphatic rings. The molecule has 0 spiro atoms. The largest absolute Gasteiger partial charge is 0.381 e. The summed E-state index contributed by atoms with van der Waals surface area (Å²) in [4.78, 5) is 5.48. The van der Waals surface area contributed by atoms with Crippen molar-refractivity contribution in [3.8, 4) is 0 Å². The molecule has 1 aliphatic heterocycles. The minimum Gasteiger partial charge on any atom is -0.381 e. The number of morpholine rings is 1. The van der Waals surface area contributed by atoms with E-state index in [1.54, 1.807) is 4.90 Å². The van der Waals surface area contributed by atoms with E-state index in [9.17, 15) is 8.78 Å². The van der Waals surface area contributed by atoms with Crippen molar-refractivity contribution in [3.05, 3.63) is 17.7 Å². The predicted molar refractivity (Wildman–Crippen MR) is 60.8 cm³/mol. The first-order chi connectivity index (χ1) is 7.89. The summed E-state index contributed by atoms with van der Waals surface area (Å²) in [6.45, 7) is 5.29. The maximum absolute atomic E-state index is 13.6. The molecule has 94 valence electrons. The Labute approximate surface area is 98.4 Å². The van der Waals surface area contributed by atoms with Gasteiger partial charge in [0, 0.05) is 19.2 Å². The van der Waals surface area contributed by atoms with Crippen LogP contribution in [0.3, 0.4) is 0 Å². The normalized spacial score (nSPS) is 19.4. The average molecular weight is 243 g/mol. The number of nitrogens with zero attached hydrogens (tertiary/aromatic N) is 2. The Hall–Kier alpha value is -1.43.